The van der Waals surface area contributed by atoms with Gasteiger partial charge in [-0.2, -0.15) is 0 Å². The average molecular weight is 154 g/mol. The lowest BCUT2D eigenvalue weighted by atomic mass is 9.57. The number of fused-ring (bicyclic) bond motifs is 1. The van der Waals surface area contributed by atoms with Gasteiger partial charge >= 0.3 is 0 Å². The smallest absolute Gasteiger partial charge is 0.0360 e. The van der Waals surface area contributed by atoms with Crippen LogP contribution >= 0.6 is 0 Å². The molecule has 0 N–H and O–H groups in total. The van der Waals surface area contributed by atoms with Crippen molar-refractivity contribution in [2.24, 2.45) is 23.7 Å². The van der Waals surface area contributed by atoms with E-state index in [4.69, 9.17) is 0 Å². The van der Waals surface area contributed by atoms with Gasteiger partial charge in [0.15, 0.2) is 0 Å². The van der Waals surface area contributed by atoms with Crippen molar-refractivity contribution in [2.45, 2.75) is 47.0 Å². The predicted octanol–water partition coefficient (Wildman–Crippen LogP) is 3.71. The summed E-state index contributed by atoms with van der Waals surface area (Å²) in [5, 5.41) is 0. The van der Waals surface area contributed by atoms with Crippen LogP contribution in [0, 0.1) is 23.7 Å². The summed E-state index contributed by atoms with van der Waals surface area (Å²) in [6.07, 6.45) is 6.11. The molecule has 0 heterocycles. The summed E-state index contributed by atoms with van der Waals surface area (Å²) in [7, 11) is 0. The third kappa shape index (κ3) is 1.45. The van der Waals surface area contributed by atoms with Crippen LogP contribution in [0.3, 0.4) is 0 Å². The molecular formula is C11H22. The molecule has 0 aromatic heterocycles. The lowest BCUT2D eigenvalue weighted by molar-refractivity contribution is 0.0212. The zero-order chi connectivity index (χ0) is 7.14. The van der Waals surface area contributed by atoms with Gasteiger partial charge in [-0.3, -0.25) is 0 Å². The first-order chi connectivity index (χ1) is 4.77. The molecule has 0 aliphatic heterocycles. The molecule has 0 heteroatoms. The van der Waals surface area contributed by atoms with Crippen LogP contribution in [0.15, 0.2) is 0 Å². The van der Waals surface area contributed by atoms with Gasteiger partial charge in [0.1, 0.15) is 0 Å². The van der Waals surface area contributed by atoms with Crippen molar-refractivity contribution in [3.05, 3.63) is 0 Å². The van der Waals surface area contributed by atoms with Gasteiger partial charge < -0.3 is 0 Å². The van der Waals surface area contributed by atoms with E-state index in [1.54, 1.807) is 0 Å². The van der Waals surface area contributed by atoms with Crippen LogP contribution in [-0.4, -0.2) is 0 Å². The molecule has 66 valence electrons. The van der Waals surface area contributed by atoms with Crippen LogP contribution < -0.4 is 0 Å². The molecule has 0 aromatic carbocycles. The highest BCUT2D eigenvalue weighted by Gasteiger charge is 2.40. The largest absolute Gasteiger partial charge is 0.0776 e. The molecule has 2 aliphatic rings. The first-order valence-electron chi connectivity index (χ1n) is 4.77. The van der Waals surface area contributed by atoms with Crippen molar-refractivity contribution in [2.75, 3.05) is 0 Å². The van der Waals surface area contributed by atoms with Gasteiger partial charge in [0, 0.05) is 0 Å². The molecule has 0 aromatic rings. The lowest BCUT2D eigenvalue weighted by Gasteiger charge is -2.48. The topological polar surface area (TPSA) is 0 Å². The van der Waals surface area contributed by atoms with Crippen molar-refractivity contribution in [1.82, 2.24) is 0 Å². The molecule has 0 nitrogen and oxygen atoms in total. The normalized spacial score (nSPS) is 48.5. The van der Waals surface area contributed by atoms with Gasteiger partial charge in [-0.1, -0.05) is 27.7 Å². The van der Waals surface area contributed by atoms with Crippen LogP contribution in [0.4, 0.5) is 0 Å². The van der Waals surface area contributed by atoms with Gasteiger partial charge in [-0.05, 0) is 42.9 Å². The van der Waals surface area contributed by atoms with Crippen molar-refractivity contribution in [3.63, 3.8) is 0 Å². The molecule has 11 heavy (non-hydrogen) atoms. The minimum atomic E-state index is 0. The number of hydrogen-bond donors (Lipinski definition) is 0. The molecule has 2 aliphatic carbocycles. The van der Waals surface area contributed by atoms with E-state index in [-0.39, 0.29) is 7.43 Å². The Morgan fingerprint density at radius 1 is 1.00 bits per heavy atom. The Morgan fingerprint density at radius 3 is 2.27 bits per heavy atom. The highest BCUT2D eigenvalue weighted by molar-refractivity contribution is 4.90. The van der Waals surface area contributed by atoms with Gasteiger partial charge in [0.05, 0.1) is 0 Å². The van der Waals surface area contributed by atoms with E-state index in [9.17, 15) is 0 Å². The van der Waals surface area contributed by atoms with Gasteiger partial charge in [0.2, 0.25) is 0 Å². The molecule has 4 unspecified atom stereocenters. The third-order valence-corrected chi connectivity index (χ3v) is 3.71. The van der Waals surface area contributed by atoms with Crippen molar-refractivity contribution in [1.29, 1.82) is 0 Å². The van der Waals surface area contributed by atoms with E-state index in [1.165, 1.54) is 25.7 Å². The standard InChI is InChI=1S/C10H18.CH4/c1-7-3-4-10-8(2)6-9(10)5-7;/h7-10H,3-6H2,1-2H3;1H4. The Kier molecular flexibility index (Phi) is 2.61. The summed E-state index contributed by atoms with van der Waals surface area (Å²) in [6.45, 7) is 4.84. The highest BCUT2D eigenvalue weighted by atomic mass is 14.5. The molecular weight excluding hydrogens is 132 g/mol. The Bertz CT molecular complexity index is 126. The van der Waals surface area contributed by atoms with E-state index in [0.717, 1.165) is 23.7 Å². The first-order valence-corrected chi connectivity index (χ1v) is 4.77. The second-order valence-electron chi connectivity index (χ2n) is 4.56. The quantitative estimate of drug-likeness (QED) is 0.499. The fourth-order valence-corrected chi connectivity index (χ4v) is 3.00. The summed E-state index contributed by atoms with van der Waals surface area (Å²) in [4.78, 5) is 0. The molecule has 2 saturated carbocycles. The summed E-state index contributed by atoms with van der Waals surface area (Å²) in [6, 6.07) is 0. The highest BCUT2D eigenvalue weighted by Crippen LogP contribution is 2.50. The van der Waals surface area contributed by atoms with E-state index < -0.39 is 0 Å². The van der Waals surface area contributed by atoms with E-state index in [0.29, 0.717) is 0 Å². The molecule has 2 fully saturated rings. The maximum absolute atomic E-state index is 2.43. The number of rotatable bonds is 0. The maximum atomic E-state index is 2.43. The van der Waals surface area contributed by atoms with Gasteiger partial charge in [-0.15, -0.1) is 0 Å². The number of hydrogen-bond acceptors (Lipinski definition) is 0. The fraction of sp³-hybridized carbons (Fsp3) is 1.00. The summed E-state index contributed by atoms with van der Waals surface area (Å²) < 4.78 is 0. The Balaban J connectivity index is 0.000000605. The van der Waals surface area contributed by atoms with Crippen molar-refractivity contribution in [3.8, 4) is 0 Å². The first kappa shape index (κ1) is 9.09. The van der Waals surface area contributed by atoms with Crippen molar-refractivity contribution < 1.29 is 0 Å². The SMILES string of the molecule is C.CC1CCC2C(C)CC2C1. The molecule has 0 amide bonds. The van der Waals surface area contributed by atoms with Crippen molar-refractivity contribution >= 4 is 0 Å². The molecule has 4 atom stereocenters. The van der Waals surface area contributed by atoms with Crippen LogP contribution in [-0.2, 0) is 0 Å². The minimum absolute atomic E-state index is 0. The summed E-state index contributed by atoms with van der Waals surface area (Å²) in [5.41, 5.74) is 0. The minimum Gasteiger partial charge on any atom is -0.0776 e. The molecule has 0 radical (unpaired) electrons. The van der Waals surface area contributed by atoms with Gasteiger partial charge in [-0.25, -0.2) is 0 Å². The zero-order valence-electron chi connectivity index (χ0n) is 7.14. The van der Waals surface area contributed by atoms with Crippen LogP contribution in [0.2, 0.25) is 0 Å². The molecule has 0 saturated heterocycles. The molecule has 0 bridgehead atoms. The predicted molar refractivity (Wildman–Crippen MR) is 50.5 cm³/mol. The maximum Gasteiger partial charge on any atom is -0.0360 e. The van der Waals surface area contributed by atoms with Crippen LogP contribution in [0.5, 0.6) is 0 Å². The van der Waals surface area contributed by atoms with Gasteiger partial charge in [0.25, 0.3) is 0 Å². The lowest BCUT2D eigenvalue weighted by Crippen LogP contribution is -2.39. The third-order valence-electron chi connectivity index (χ3n) is 3.71. The Labute approximate surface area is 71.4 Å². The zero-order valence-corrected chi connectivity index (χ0v) is 7.14. The van der Waals surface area contributed by atoms with E-state index >= 15 is 0 Å². The monoisotopic (exact) mass is 154 g/mol. The average Bonchev–Trinajstić information content (AvgIpc) is 1.86. The molecule has 2 rings (SSSR count). The van der Waals surface area contributed by atoms with Crippen LogP contribution in [0.25, 0.3) is 0 Å². The second-order valence-corrected chi connectivity index (χ2v) is 4.56. The fourth-order valence-electron chi connectivity index (χ4n) is 3.00. The summed E-state index contributed by atoms with van der Waals surface area (Å²) >= 11 is 0. The summed E-state index contributed by atoms with van der Waals surface area (Å²) in [5.74, 6) is 4.38. The Hall–Kier alpha value is 0. The Morgan fingerprint density at radius 2 is 1.73 bits per heavy atom. The second kappa shape index (κ2) is 3.16. The molecule has 0 spiro atoms. The van der Waals surface area contributed by atoms with E-state index in [1.807, 2.05) is 0 Å². The van der Waals surface area contributed by atoms with E-state index in [2.05, 4.69) is 13.8 Å². The van der Waals surface area contributed by atoms with Crippen LogP contribution in [0.1, 0.15) is 47.0 Å².